The highest BCUT2D eigenvalue weighted by molar-refractivity contribution is 6.08. The van der Waals surface area contributed by atoms with Crippen molar-refractivity contribution in [3.63, 3.8) is 0 Å². The molecule has 4 N–H and O–H groups in total. The van der Waals surface area contributed by atoms with Crippen LogP contribution in [0.2, 0.25) is 0 Å². The van der Waals surface area contributed by atoms with Crippen molar-refractivity contribution < 1.29 is 28.7 Å². The number of aromatic nitrogens is 2. The van der Waals surface area contributed by atoms with Crippen molar-refractivity contribution in [3.8, 4) is 0 Å². The van der Waals surface area contributed by atoms with Crippen molar-refractivity contribution in [2.45, 2.75) is 223 Å². The Morgan fingerprint density at radius 1 is 0.488 bits per heavy atom. The number of pyridine rings is 2. The molecule has 0 saturated heterocycles. The molecule has 12 heteroatoms. The lowest BCUT2D eigenvalue weighted by Crippen LogP contribution is -2.51. The van der Waals surface area contributed by atoms with Crippen molar-refractivity contribution in [1.29, 1.82) is 0 Å². The minimum absolute atomic E-state index is 0.152. The van der Waals surface area contributed by atoms with Gasteiger partial charge in [-0.1, -0.05) is 149 Å². The molecule has 3 aromatic rings. The number of hydrogen-bond acceptors (Lipinski definition) is 8. The zero-order valence-corrected chi connectivity index (χ0v) is 53.9. The molecule has 0 unspecified atom stereocenters. The lowest BCUT2D eigenvalue weighted by atomic mass is 9.47. The van der Waals surface area contributed by atoms with Gasteiger partial charge in [-0.15, -0.1) is 0 Å². The summed E-state index contributed by atoms with van der Waals surface area (Å²) in [7, 11) is 0. The number of rotatable bonds is 18. The van der Waals surface area contributed by atoms with E-state index in [1.807, 2.05) is 0 Å². The van der Waals surface area contributed by atoms with Gasteiger partial charge in [0.1, 0.15) is 35.5 Å². The largest absolute Gasteiger partial charge is 0.446 e. The van der Waals surface area contributed by atoms with E-state index in [0.29, 0.717) is 22.7 Å². The molecule has 11 rings (SSSR count). The standard InChI is InChI=1S/C74H104N6O6/c1-45(2)16-11-18-47(5)57-30-32-59-55-28-26-51-43-53(34-38-71(51,7)61(55)36-40-73(57,59)9)85-69(83)79-65-24-14-22-63(75-65)77-67(81)49-20-13-21-50(42-49)68(82)78-64-23-15-25-66(76-64)80-70(84)86-54-35-39-72(8)52(44-54)27-29-56-60-33-31-58(48(6)19-12-17-46(3)4)74(60,10)41-37-62(56)72/h13-15,20-27,42,45-48,53-62H,11-12,16-19,28-41,43-44H2,1-10H3,(H2,75,77,79,81,83)(H2,76,78,80,82,84)/t47-,48-,53+,54+,55+,56+,57-,58-,59+,60+,61+,62+,71+,72+,73-,74-/m1/s1. The van der Waals surface area contributed by atoms with Crippen LogP contribution in [0.4, 0.5) is 32.9 Å². The van der Waals surface area contributed by atoms with E-state index in [-0.39, 0.29) is 57.4 Å². The minimum atomic E-state index is -0.561. The monoisotopic (exact) mass is 1170 g/mol. The van der Waals surface area contributed by atoms with Crippen LogP contribution in [0, 0.1) is 92.7 Å². The third-order valence-electron chi connectivity index (χ3n) is 24.9. The molecule has 1 aromatic carbocycles. The van der Waals surface area contributed by atoms with Gasteiger partial charge in [0, 0.05) is 24.0 Å². The average Bonchev–Trinajstić information content (AvgIpc) is 2.45. The fourth-order valence-electron chi connectivity index (χ4n) is 20.4. The fourth-order valence-corrected chi connectivity index (χ4v) is 20.4. The molecule has 0 bridgehead atoms. The molecule has 2 heterocycles. The predicted molar refractivity (Wildman–Crippen MR) is 345 cm³/mol. The zero-order valence-electron chi connectivity index (χ0n) is 53.9. The second-order valence-corrected chi connectivity index (χ2v) is 30.7. The molecule has 4 amide bonds. The molecule has 2 aromatic heterocycles. The van der Waals surface area contributed by atoms with Crippen LogP contribution in [0.25, 0.3) is 0 Å². The second kappa shape index (κ2) is 25.5. The van der Waals surface area contributed by atoms with E-state index in [0.717, 1.165) is 111 Å². The van der Waals surface area contributed by atoms with Gasteiger partial charge in [-0.3, -0.25) is 20.2 Å². The molecule has 8 aliphatic carbocycles. The van der Waals surface area contributed by atoms with Crippen molar-refractivity contribution in [3.05, 3.63) is 95.1 Å². The summed E-state index contributed by atoms with van der Waals surface area (Å²) in [6.45, 7) is 24.8. The van der Waals surface area contributed by atoms with E-state index in [4.69, 9.17) is 9.47 Å². The van der Waals surface area contributed by atoms with Gasteiger partial charge in [0.2, 0.25) is 0 Å². The minimum Gasteiger partial charge on any atom is -0.446 e. The third-order valence-corrected chi connectivity index (χ3v) is 24.9. The molecule has 0 radical (unpaired) electrons. The van der Waals surface area contributed by atoms with Gasteiger partial charge < -0.3 is 20.1 Å². The van der Waals surface area contributed by atoms with Crippen LogP contribution in [0.3, 0.4) is 0 Å². The summed E-state index contributed by atoms with van der Waals surface area (Å²) in [6, 6.07) is 16.4. The first-order valence-electron chi connectivity index (χ1n) is 34.1. The van der Waals surface area contributed by atoms with E-state index < -0.39 is 24.0 Å². The first-order valence-corrected chi connectivity index (χ1v) is 34.1. The maximum atomic E-state index is 13.6. The number of amides is 4. The van der Waals surface area contributed by atoms with Gasteiger partial charge in [-0.2, -0.15) is 0 Å². The lowest BCUT2D eigenvalue weighted by Gasteiger charge is -2.58. The van der Waals surface area contributed by atoms with E-state index in [1.54, 1.807) is 54.6 Å². The Morgan fingerprint density at radius 3 is 1.29 bits per heavy atom. The van der Waals surface area contributed by atoms with Crippen LogP contribution in [-0.4, -0.2) is 46.2 Å². The highest BCUT2D eigenvalue weighted by atomic mass is 16.6. The molecule has 466 valence electrons. The number of nitrogens with zero attached hydrogens (tertiary/aromatic N) is 2. The van der Waals surface area contributed by atoms with Crippen molar-refractivity contribution in [1.82, 2.24) is 9.97 Å². The van der Waals surface area contributed by atoms with Crippen LogP contribution >= 0.6 is 0 Å². The number of allylic oxidation sites excluding steroid dienone is 2. The molecule has 6 saturated carbocycles. The molecule has 6 fully saturated rings. The molecular weight excluding hydrogens is 1070 g/mol. The maximum absolute atomic E-state index is 13.6. The van der Waals surface area contributed by atoms with Crippen molar-refractivity contribution >= 4 is 47.3 Å². The highest BCUT2D eigenvalue weighted by Gasteiger charge is 2.61. The van der Waals surface area contributed by atoms with Crippen molar-refractivity contribution in [2.75, 3.05) is 21.3 Å². The summed E-state index contributed by atoms with van der Waals surface area (Å²) >= 11 is 0. The number of benzene rings is 1. The first kappa shape index (κ1) is 62.1. The Labute approximate surface area is 515 Å². The Morgan fingerprint density at radius 2 is 0.884 bits per heavy atom. The van der Waals surface area contributed by atoms with E-state index >= 15 is 0 Å². The van der Waals surface area contributed by atoms with Gasteiger partial charge in [-0.05, 0) is 225 Å². The molecule has 0 aliphatic heterocycles. The van der Waals surface area contributed by atoms with Crippen LogP contribution in [0.15, 0.2) is 84.0 Å². The van der Waals surface area contributed by atoms with Gasteiger partial charge in [0.15, 0.2) is 0 Å². The van der Waals surface area contributed by atoms with Gasteiger partial charge in [0.05, 0.1) is 0 Å². The summed E-state index contributed by atoms with van der Waals surface area (Å²) in [5.41, 5.74) is 4.62. The number of carbonyl (C=O) groups excluding carboxylic acids is 4. The molecule has 16 atom stereocenters. The van der Waals surface area contributed by atoms with E-state index in [1.165, 1.54) is 107 Å². The first-order chi connectivity index (χ1) is 41.1. The summed E-state index contributed by atoms with van der Waals surface area (Å²) in [5.74, 6) is 9.33. The number of fused-ring (bicyclic) bond motifs is 10. The third kappa shape index (κ3) is 12.7. The summed E-state index contributed by atoms with van der Waals surface area (Å²) in [5, 5.41) is 11.2. The maximum Gasteiger partial charge on any atom is 0.413 e. The van der Waals surface area contributed by atoms with Gasteiger partial charge in [-0.25, -0.2) is 19.6 Å². The molecule has 86 heavy (non-hydrogen) atoms. The van der Waals surface area contributed by atoms with Crippen LogP contribution in [-0.2, 0) is 9.47 Å². The number of carbonyl (C=O) groups is 4. The summed E-state index contributed by atoms with van der Waals surface area (Å²) in [4.78, 5) is 63.1. The summed E-state index contributed by atoms with van der Waals surface area (Å²) in [6.07, 6.45) is 30.0. The fraction of sp³-hybridized carbons (Fsp3) is 0.676. The molecule has 0 spiro atoms. The smallest absolute Gasteiger partial charge is 0.413 e. The number of ether oxygens (including phenoxy) is 2. The van der Waals surface area contributed by atoms with E-state index in [9.17, 15) is 19.2 Å². The molecular formula is C74H104N6O6. The van der Waals surface area contributed by atoms with Crippen LogP contribution in [0.5, 0.6) is 0 Å². The van der Waals surface area contributed by atoms with E-state index in [2.05, 4.69) is 113 Å². The Balaban J connectivity index is 0.629. The average molecular weight is 1170 g/mol. The van der Waals surface area contributed by atoms with Crippen LogP contribution < -0.4 is 21.3 Å². The van der Waals surface area contributed by atoms with Crippen molar-refractivity contribution in [2.24, 2.45) is 92.7 Å². The Kier molecular flexibility index (Phi) is 18.4. The number of anilines is 4. The molecule has 12 nitrogen and oxygen atoms in total. The topological polar surface area (TPSA) is 161 Å². The summed E-state index contributed by atoms with van der Waals surface area (Å²) < 4.78 is 12.2. The Hall–Kier alpha value is -5.52. The SMILES string of the molecule is CC(C)CCC[C@@H](C)[C@H]1CC[C@H]2[C@@H]3CC=C4C[C@@H](OC(=O)Nc5cccc(NC(=O)c6cccc(C(=O)Nc7cccc(NC(=O)O[C@H]8CC[C@@]9(C)C(=CC[C@H]%10[C@@H]%11CC[C@H]([C@H](C)CCCC(C)C)[C@@]%11(C)CC[C@@H]%109)C8)n7)c6)n5)CC[C@]4(C)[C@H]3CC[C@]12C. The Bertz CT molecular complexity index is 2830. The molecule has 8 aliphatic rings. The highest BCUT2D eigenvalue weighted by Crippen LogP contribution is 2.69. The van der Waals surface area contributed by atoms with Gasteiger partial charge >= 0.3 is 12.2 Å². The number of nitrogens with one attached hydrogen (secondary N) is 4. The van der Waals surface area contributed by atoms with Crippen LogP contribution in [0.1, 0.15) is 231 Å². The normalized spacial score (nSPS) is 34.1. The van der Waals surface area contributed by atoms with Gasteiger partial charge in [0.25, 0.3) is 11.8 Å². The lowest BCUT2D eigenvalue weighted by molar-refractivity contribution is -0.0577. The predicted octanol–water partition coefficient (Wildman–Crippen LogP) is 18.9. The quantitative estimate of drug-likeness (QED) is 0.0916. The zero-order chi connectivity index (χ0) is 60.7. The number of hydrogen-bond donors (Lipinski definition) is 4. The second-order valence-electron chi connectivity index (χ2n) is 30.7.